The fourth-order valence-electron chi connectivity index (χ4n) is 3.54. The van der Waals surface area contributed by atoms with Gasteiger partial charge in [0.25, 0.3) is 0 Å². The number of halogens is 2. The van der Waals surface area contributed by atoms with Crippen molar-refractivity contribution in [1.82, 2.24) is 15.2 Å². The van der Waals surface area contributed by atoms with E-state index in [1.54, 1.807) is 18.3 Å². The van der Waals surface area contributed by atoms with Crippen LogP contribution in [0.25, 0.3) is 11.3 Å². The molecule has 0 saturated carbocycles. The summed E-state index contributed by atoms with van der Waals surface area (Å²) in [6, 6.07) is 15.0. The van der Waals surface area contributed by atoms with Gasteiger partial charge in [-0.25, -0.2) is 0 Å². The van der Waals surface area contributed by atoms with E-state index in [9.17, 15) is 0 Å². The molecular formula is C21H19Cl2N3OS. The van der Waals surface area contributed by atoms with Gasteiger partial charge in [0.2, 0.25) is 0 Å². The Bertz CT molecular complexity index is 992. The van der Waals surface area contributed by atoms with Crippen LogP contribution in [-0.2, 0) is 0 Å². The molecule has 0 bridgehead atoms. The van der Waals surface area contributed by atoms with E-state index in [0.29, 0.717) is 20.9 Å². The lowest BCUT2D eigenvalue weighted by molar-refractivity contribution is 0.275. The Labute approximate surface area is 179 Å². The molecule has 0 spiro atoms. The molecule has 1 N–H and O–H groups in total. The molecule has 0 unspecified atom stereocenters. The van der Waals surface area contributed by atoms with E-state index in [0.717, 1.165) is 30.0 Å². The third-order valence-corrected chi connectivity index (χ3v) is 5.68. The van der Waals surface area contributed by atoms with Crippen molar-refractivity contribution >= 4 is 40.5 Å². The monoisotopic (exact) mass is 431 g/mol. The zero-order chi connectivity index (χ0) is 19.7. The van der Waals surface area contributed by atoms with Crippen molar-refractivity contribution in [2.75, 3.05) is 6.54 Å². The van der Waals surface area contributed by atoms with Crippen molar-refractivity contribution in [3.05, 3.63) is 76.2 Å². The minimum Gasteiger partial charge on any atom is -0.459 e. The maximum Gasteiger partial charge on any atom is 0.170 e. The van der Waals surface area contributed by atoms with Crippen LogP contribution in [0.15, 0.2) is 59.1 Å². The molecule has 4 rings (SSSR count). The van der Waals surface area contributed by atoms with Crippen LogP contribution in [0.4, 0.5) is 0 Å². The maximum atomic E-state index is 6.36. The fourth-order valence-corrected chi connectivity index (χ4v) is 4.38. The molecule has 28 heavy (non-hydrogen) atoms. The van der Waals surface area contributed by atoms with Crippen LogP contribution < -0.4 is 5.32 Å². The second-order valence-electron chi connectivity index (χ2n) is 6.65. The van der Waals surface area contributed by atoms with Gasteiger partial charge in [-0.3, -0.25) is 4.98 Å². The molecule has 1 fully saturated rings. The Morgan fingerprint density at radius 2 is 2.04 bits per heavy atom. The van der Waals surface area contributed by atoms with Crippen molar-refractivity contribution < 1.29 is 4.42 Å². The number of pyridine rings is 1. The first kappa shape index (κ1) is 19.2. The predicted molar refractivity (Wildman–Crippen MR) is 117 cm³/mol. The molecule has 1 saturated heterocycles. The normalized spacial score (nSPS) is 19.1. The Morgan fingerprint density at radius 3 is 2.75 bits per heavy atom. The molecule has 1 aliphatic heterocycles. The summed E-state index contributed by atoms with van der Waals surface area (Å²) < 4.78 is 6.25. The van der Waals surface area contributed by atoms with Gasteiger partial charge in [0.1, 0.15) is 17.6 Å². The van der Waals surface area contributed by atoms with Gasteiger partial charge in [-0.05, 0) is 61.1 Å². The topological polar surface area (TPSA) is 41.3 Å². The molecular weight excluding hydrogens is 413 g/mol. The quantitative estimate of drug-likeness (QED) is 0.499. The van der Waals surface area contributed by atoms with Crippen molar-refractivity contribution in [1.29, 1.82) is 0 Å². The fraction of sp³-hybridized carbons (Fsp3) is 0.238. The number of aromatic nitrogens is 1. The molecule has 144 valence electrons. The number of furan rings is 1. The van der Waals surface area contributed by atoms with E-state index in [4.69, 9.17) is 39.8 Å². The Balaban J connectivity index is 1.73. The van der Waals surface area contributed by atoms with Gasteiger partial charge in [-0.2, -0.15) is 0 Å². The van der Waals surface area contributed by atoms with E-state index in [1.165, 1.54) is 0 Å². The summed E-state index contributed by atoms with van der Waals surface area (Å²) >= 11 is 18.0. The summed E-state index contributed by atoms with van der Waals surface area (Å²) in [6.45, 7) is 2.96. The maximum absolute atomic E-state index is 6.36. The van der Waals surface area contributed by atoms with Gasteiger partial charge in [0, 0.05) is 23.3 Å². The van der Waals surface area contributed by atoms with E-state index >= 15 is 0 Å². The molecule has 0 amide bonds. The molecule has 0 aliphatic carbocycles. The number of rotatable bonds is 5. The van der Waals surface area contributed by atoms with Crippen LogP contribution in [-0.4, -0.2) is 21.5 Å². The molecule has 2 aromatic heterocycles. The van der Waals surface area contributed by atoms with Crippen molar-refractivity contribution in [3.8, 4) is 11.3 Å². The number of thiocarbonyl (C=S) groups is 1. The summed E-state index contributed by atoms with van der Waals surface area (Å²) in [5, 5.41) is 5.27. The Kier molecular flexibility index (Phi) is 5.58. The van der Waals surface area contributed by atoms with E-state index in [-0.39, 0.29) is 12.1 Å². The van der Waals surface area contributed by atoms with Crippen molar-refractivity contribution in [2.45, 2.75) is 25.4 Å². The Morgan fingerprint density at radius 1 is 1.18 bits per heavy atom. The largest absolute Gasteiger partial charge is 0.459 e. The molecule has 3 heterocycles. The van der Waals surface area contributed by atoms with Crippen LogP contribution in [0.3, 0.4) is 0 Å². The van der Waals surface area contributed by atoms with E-state index in [2.05, 4.69) is 22.1 Å². The third kappa shape index (κ3) is 3.62. The highest BCUT2D eigenvalue weighted by molar-refractivity contribution is 7.80. The number of hydrogen-bond acceptors (Lipinski definition) is 3. The molecule has 3 aromatic rings. The lowest BCUT2D eigenvalue weighted by Gasteiger charge is -2.25. The van der Waals surface area contributed by atoms with Crippen LogP contribution in [0.1, 0.15) is 36.9 Å². The highest BCUT2D eigenvalue weighted by Crippen LogP contribution is 2.41. The van der Waals surface area contributed by atoms with E-state index in [1.807, 2.05) is 36.4 Å². The van der Waals surface area contributed by atoms with Crippen molar-refractivity contribution in [2.24, 2.45) is 0 Å². The zero-order valence-electron chi connectivity index (χ0n) is 15.2. The molecule has 2 atom stereocenters. The summed E-state index contributed by atoms with van der Waals surface area (Å²) in [7, 11) is 0. The molecule has 7 heteroatoms. The second kappa shape index (κ2) is 8.11. The van der Waals surface area contributed by atoms with Gasteiger partial charge in [0.05, 0.1) is 16.8 Å². The minimum absolute atomic E-state index is 0.0813. The van der Waals surface area contributed by atoms with Gasteiger partial charge in [0.15, 0.2) is 5.11 Å². The lowest BCUT2D eigenvalue weighted by atomic mass is 10.0. The smallest absolute Gasteiger partial charge is 0.170 e. The SMILES string of the molecule is CCCN1C(=S)N[C@H](c2ccccn2)[C@H]1c1ccc(-c2ccc(Cl)cc2Cl)o1. The lowest BCUT2D eigenvalue weighted by Crippen LogP contribution is -2.30. The Hall–Kier alpha value is -2.08. The highest BCUT2D eigenvalue weighted by atomic mass is 35.5. The molecule has 1 aromatic carbocycles. The third-order valence-electron chi connectivity index (χ3n) is 4.78. The summed E-state index contributed by atoms with van der Waals surface area (Å²) in [4.78, 5) is 6.70. The number of benzene rings is 1. The minimum atomic E-state index is -0.0834. The van der Waals surface area contributed by atoms with Gasteiger partial charge >= 0.3 is 0 Å². The first-order valence-corrected chi connectivity index (χ1v) is 10.3. The van der Waals surface area contributed by atoms with Gasteiger partial charge in [-0.1, -0.05) is 36.2 Å². The van der Waals surface area contributed by atoms with Crippen LogP contribution in [0.5, 0.6) is 0 Å². The van der Waals surface area contributed by atoms with Gasteiger partial charge < -0.3 is 14.6 Å². The second-order valence-corrected chi connectivity index (χ2v) is 7.88. The molecule has 0 radical (unpaired) electrons. The average Bonchev–Trinajstić information content (AvgIpc) is 3.28. The first-order valence-electron chi connectivity index (χ1n) is 9.11. The van der Waals surface area contributed by atoms with Crippen LogP contribution in [0.2, 0.25) is 10.0 Å². The number of nitrogens with zero attached hydrogens (tertiary/aromatic N) is 2. The average molecular weight is 432 g/mol. The number of hydrogen-bond donors (Lipinski definition) is 1. The van der Waals surface area contributed by atoms with Crippen LogP contribution >= 0.6 is 35.4 Å². The van der Waals surface area contributed by atoms with Crippen LogP contribution in [0, 0.1) is 0 Å². The van der Waals surface area contributed by atoms with Gasteiger partial charge in [-0.15, -0.1) is 0 Å². The summed E-state index contributed by atoms with van der Waals surface area (Å²) in [5.41, 5.74) is 1.73. The molecule has 4 nitrogen and oxygen atoms in total. The highest BCUT2D eigenvalue weighted by Gasteiger charge is 2.41. The molecule has 1 aliphatic rings. The van der Waals surface area contributed by atoms with E-state index < -0.39 is 0 Å². The first-order chi connectivity index (χ1) is 13.6. The standard InChI is InChI=1S/C21H19Cl2N3OS/c1-2-11-26-20(19(25-21(26)28)16-5-3-4-10-24-16)18-9-8-17(27-18)14-7-6-13(22)12-15(14)23/h3-10,12,19-20H,2,11H2,1H3,(H,25,28)/t19-,20-/m1/s1. The summed E-state index contributed by atoms with van der Waals surface area (Å²) in [5.74, 6) is 1.52. The number of nitrogens with one attached hydrogen (secondary N) is 1. The predicted octanol–water partition coefficient (Wildman–Crippen LogP) is 6.03. The summed E-state index contributed by atoms with van der Waals surface area (Å²) in [6.07, 6.45) is 2.77. The zero-order valence-corrected chi connectivity index (χ0v) is 17.6. The van der Waals surface area contributed by atoms with Crippen molar-refractivity contribution in [3.63, 3.8) is 0 Å².